The van der Waals surface area contributed by atoms with Crippen LogP contribution in [0.5, 0.6) is 0 Å². The summed E-state index contributed by atoms with van der Waals surface area (Å²) in [7, 11) is 0. The highest BCUT2D eigenvalue weighted by Crippen LogP contribution is 2.18. The van der Waals surface area contributed by atoms with Crippen LogP contribution >= 0.6 is 11.3 Å². The van der Waals surface area contributed by atoms with Crippen molar-refractivity contribution >= 4 is 28.7 Å². The number of carbonyl (C=O) groups excluding carboxylic acids is 1. The normalized spacial score (nSPS) is 10.8. The van der Waals surface area contributed by atoms with Crippen molar-refractivity contribution < 1.29 is 4.79 Å². The summed E-state index contributed by atoms with van der Waals surface area (Å²) in [5.74, 6) is 0. The van der Waals surface area contributed by atoms with E-state index in [2.05, 4.69) is 15.6 Å². The van der Waals surface area contributed by atoms with Gasteiger partial charge in [-0.1, -0.05) is 12.1 Å². The van der Waals surface area contributed by atoms with Crippen molar-refractivity contribution in [3.05, 3.63) is 52.5 Å². The van der Waals surface area contributed by atoms with E-state index in [-0.39, 0.29) is 0 Å². The second-order valence-corrected chi connectivity index (χ2v) is 4.82. The minimum absolute atomic E-state index is 0.745. The number of fused-ring (bicyclic) bond motifs is 1. The lowest BCUT2D eigenvalue weighted by atomic mass is 10.3. The Morgan fingerprint density at radius 2 is 2.24 bits per heavy atom. The van der Waals surface area contributed by atoms with Crippen LogP contribution in [0.15, 0.2) is 42.0 Å². The zero-order valence-electron chi connectivity index (χ0n) is 9.04. The van der Waals surface area contributed by atoms with Crippen molar-refractivity contribution in [2.24, 2.45) is 0 Å². The molecule has 0 amide bonds. The van der Waals surface area contributed by atoms with Crippen molar-refractivity contribution in [3.63, 3.8) is 0 Å². The SMILES string of the molecule is O=Cc1csc(Cn2cnc3ccccc32)c1. The van der Waals surface area contributed by atoms with Crippen LogP contribution in [-0.2, 0) is 6.54 Å². The van der Waals surface area contributed by atoms with Crippen LogP contribution in [0.4, 0.5) is 0 Å². The van der Waals surface area contributed by atoms with Crippen LogP contribution < -0.4 is 0 Å². The van der Waals surface area contributed by atoms with E-state index in [1.54, 1.807) is 11.3 Å². The number of nitrogens with zero attached hydrogens (tertiary/aromatic N) is 2. The average Bonchev–Trinajstić information content (AvgIpc) is 2.97. The van der Waals surface area contributed by atoms with Gasteiger partial charge in [0.05, 0.1) is 23.9 Å². The lowest BCUT2D eigenvalue weighted by Gasteiger charge is -2.00. The molecule has 0 N–H and O–H groups in total. The van der Waals surface area contributed by atoms with Gasteiger partial charge >= 0.3 is 0 Å². The van der Waals surface area contributed by atoms with Gasteiger partial charge in [-0.2, -0.15) is 0 Å². The highest BCUT2D eigenvalue weighted by atomic mass is 32.1. The van der Waals surface area contributed by atoms with E-state index in [1.807, 2.05) is 36.0 Å². The molecule has 0 aliphatic rings. The molecule has 0 spiro atoms. The van der Waals surface area contributed by atoms with E-state index in [0.29, 0.717) is 0 Å². The first-order valence-corrected chi connectivity index (χ1v) is 6.17. The first-order chi connectivity index (χ1) is 8.36. The van der Waals surface area contributed by atoms with Gasteiger partial charge in [-0.05, 0) is 18.2 Å². The number of para-hydroxylation sites is 2. The van der Waals surface area contributed by atoms with Crippen LogP contribution in [0.2, 0.25) is 0 Å². The van der Waals surface area contributed by atoms with Crippen LogP contribution in [0.25, 0.3) is 11.0 Å². The maximum atomic E-state index is 10.6. The molecule has 3 nitrogen and oxygen atoms in total. The fourth-order valence-corrected chi connectivity index (χ4v) is 2.68. The minimum atomic E-state index is 0.745. The standard InChI is InChI=1S/C13H10N2OS/c16-7-10-5-11(17-8-10)6-15-9-14-12-3-1-2-4-13(12)15/h1-5,7-9H,6H2. The van der Waals surface area contributed by atoms with Crippen LogP contribution in [0.3, 0.4) is 0 Å². The molecule has 0 radical (unpaired) electrons. The Labute approximate surface area is 102 Å². The summed E-state index contributed by atoms with van der Waals surface area (Å²) in [6.45, 7) is 0.763. The molecular formula is C13H10N2OS. The molecule has 0 atom stereocenters. The van der Waals surface area contributed by atoms with E-state index in [9.17, 15) is 4.79 Å². The quantitative estimate of drug-likeness (QED) is 0.662. The van der Waals surface area contributed by atoms with Gasteiger partial charge in [-0.15, -0.1) is 11.3 Å². The highest BCUT2D eigenvalue weighted by Gasteiger charge is 2.04. The van der Waals surface area contributed by atoms with Crippen molar-refractivity contribution in [2.75, 3.05) is 0 Å². The molecule has 3 aromatic rings. The van der Waals surface area contributed by atoms with Gasteiger partial charge in [0.25, 0.3) is 0 Å². The van der Waals surface area contributed by atoms with Crippen molar-refractivity contribution in [3.8, 4) is 0 Å². The molecule has 0 unspecified atom stereocenters. The molecule has 84 valence electrons. The van der Waals surface area contributed by atoms with Crippen molar-refractivity contribution in [1.82, 2.24) is 9.55 Å². The van der Waals surface area contributed by atoms with Gasteiger partial charge in [-0.3, -0.25) is 4.79 Å². The Morgan fingerprint density at radius 1 is 1.35 bits per heavy atom. The van der Waals surface area contributed by atoms with Gasteiger partial charge in [0.1, 0.15) is 0 Å². The number of carbonyl (C=O) groups is 1. The number of benzene rings is 1. The Bertz CT molecular complexity index is 669. The summed E-state index contributed by atoms with van der Waals surface area (Å²) in [5.41, 5.74) is 2.86. The zero-order chi connectivity index (χ0) is 11.7. The van der Waals surface area contributed by atoms with Crippen LogP contribution in [0, 0.1) is 0 Å². The van der Waals surface area contributed by atoms with E-state index in [1.165, 1.54) is 0 Å². The van der Waals surface area contributed by atoms with E-state index in [4.69, 9.17) is 0 Å². The number of rotatable bonds is 3. The largest absolute Gasteiger partial charge is 0.325 e. The van der Waals surface area contributed by atoms with Crippen molar-refractivity contribution in [1.29, 1.82) is 0 Å². The molecule has 2 aromatic heterocycles. The highest BCUT2D eigenvalue weighted by molar-refractivity contribution is 7.10. The fraction of sp³-hybridized carbons (Fsp3) is 0.0769. The number of aldehydes is 1. The Balaban J connectivity index is 1.96. The Kier molecular flexibility index (Phi) is 2.49. The molecule has 0 aliphatic heterocycles. The molecule has 0 fully saturated rings. The Morgan fingerprint density at radius 3 is 3.06 bits per heavy atom. The molecule has 1 aromatic carbocycles. The molecule has 0 bridgehead atoms. The summed E-state index contributed by atoms with van der Waals surface area (Å²) in [6, 6.07) is 9.96. The van der Waals surface area contributed by atoms with Crippen LogP contribution in [0.1, 0.15) is 15.2 Å². The maximum Gasteiger partial charge on any atom is 0.150 e. The lowest BCUT2D eigenvalue weighted by molar-refractivity contribution is 0.112. The van der Waals surface area contributed by atoms with E-state index in [0.717, 1.165) is 34.3 Å². The fourth-order valence-electron chi connectivity index (χ4n) is 1.85. The lowest BCUT2D eigenvalue weighted by Crippen LogP contribution is -1.95. The molecule has 0 aliphatic carbocycles. The monoisotopic (exact) mass is 242 g/mol. The molecule has 4 heteroatoms. The number of aromatic nitrogens is 2. The average molecular weight is 242 g/mol. The molecule has 3 rings (SSSR count). The molecule has 2 heterocycles. The molecule has 17 heavy (non-hydrogen) atoms. The van der Waals surface area contributed by atoms with Gasteiger partial charge in [0.15, 0.2) is 6.29 Å². The number of hydrogen-bond donors (Lipinski definition) is 0. The third kappa shape index (κ3) is 1.87. The van der Waals surface area contributed by atoms with Gasteiger partial charge in [0, 0.05) is 15.8 Å². The third-order valence-electron chi connectivity index (χ3n) is 2.66. The topological polar surface area (TPSA) is 34.9 Å². The number of hydrogen-bond acceptors (Lipinski definition) is 3. The first kappa shape index (κ1) is 10.2. The van der Waals surface area contributed by atoms with Gasteiger partial charge in [-0.25, -0.2) is 4.98 Å². The number of thiophene rings is 1. The summed E-state index contributed by atoms with van der Waals surface area (Å²) >= 11 is 1.60. The Hall–Kier alpha value is -1.94. The second-order valence-electron chi connectivity index (χ2n) is 3.83. The maximum absolute atomic E-state index is 10.6. The summed E-state index contributed by atoms with van der Waals surface area (Å²) in [5, 5.41) is 1.88. The minimum Gasteiger partial charge on any atom is -0.325 e. The summed E-state index contributed by atoms with van der Waals surface area (Å²) < 4.78 is 2.09. The predicted molar refractivity (Wildman–Crippen MR) is 68.5 cm³/mol. The van der Waals surface area contributed by atoms with Gasteiger partial charge < -0.3 is 4.57 Å². The van der Waals surface area contributed by atoms with E-state index < -0.39 is 0 Å². The molecule has 0 saturated heterocycles. The number of imidazole rings is 1. The smallest absolute Gasteiger partial charge is 0.150 e. The van der Waals surface area contributed by atoms with E-state index >= 15 is 0 Å². The summed E-state index contributed by atoms with van der Waals surface area (Å²) in [4.78, 5) is 16.1. The van der Waals surface area contributed by atoms with Gasteiger partial charge in [0.2, 0.25) is 0 Å². The first-order valence-electron chi connectivity index (χ1n) is 5.29. The zero-order valence-corrected chi connectivity index (χ0v) is 9.85. The van der Waals surface area contributed by atoms with Crippen LogP contribution in [-0.4, -0.2) is 15.8 Å². The van der Waals surface area contributed by atoms with Crippen molar-refractivity contribution in [2.45, 2.75) is 6.54 Å². The third-order valence-corrected chi connectivity index (χ3v) is 3.60. The molecular weight excluding hydrogens is 232 g/mol. The second kappa shape index (κ2) is 4.14. The summed E-state index contributed by atoms with van der Waals surface area (Å²) in [6.07, 6.45) is 2.72. The predicted octanol–water partition coefficient (Wildman–Crippen LogP) is 2.96. The molecule has 0 saturated carbocycles.